The first kappa shape index (κ1) is 31.7. The molecule has 4 amide bonds. The lowest BCUT2D eigenvalue weighted by molar-refractivity contribution is 0.00859. The van der Waals surface area contributed by atoms with E-state index in [-0.39, 0.29) is 23.9 Å². The van der Waals surface area contributed by atoms with Gasteiger partial charge in [-0.3, -0.25) is 4.79 Å². The van der Waals surface area contributed by atoms with E-state index < -0.39 is 11.5 Å². The highest BCUT2D eigenvalue weighted by atomic mass is 16.6. The summed E-state index contributed by atoms with van der Waals surface area (Å²) in [6.07, 6.45) is 5.34. The minimum absolute atomic E-state index is 0.0682. The van der Waals surface area contributed by atoms with Crippen molar-refractivity contribution < 1.29 is 19.1 Å². The minimum Gasteiger partial charge on any atom is -0.444 e. The maximum Gasteiger partial charge on any atom is 0.410 e. The molecular formula is C33H47N9O4. The van der Waals surface area contributed by atoms with Crippen LogP contribution in [0.25, 0.3) is 0 Å². The smallest absolute Gasteiger partial charge is 0.410 e. The Balaban J connectivity index is 1.11. The number of urea groups is 1. The quantitative estimate of drug-likeness (QED) is 0.487. The molecule has 0 saturated carbocycles. The van der Waals surface area contributed by atoms with Crippen LogP contribution in [-0.4, -0.2) is 114 Å². The summed E-state index contributed by atoms with van der Waals surface area (Å²) in [4.78, 5) is 56.9. The summed E-state index contributed by atoms with van der Waals surface area (Å²) in [5.41, 5.74) is 7.13. The number of hydrogen-bond donors (Lipinski definition) is 2. The van der Waals surface area contributed by atoms with E-state index in [1.807, 2.05) is 49.8 Å². The summed E-state index contributed by atoms with van der Waals surface area (Å²) >= 11 is 0. The lowest BCUT2D eigenvalue weighted by atomic mass is 9.80. The fourth-order valence-electron chi connectivity index (χ4n) is 7.21. The molecule has 3 atom stereocenters. The molecule has 1 aromatic carbocycles. The van der Waals surface area contributed by atoms with E-state index in [1.165, 1.54) is 0 Å². The number of rotatable bonds is 6. The Morgan fingerprint density at radius 3 is 2.39 bits per heavy atom. The number of anilines is 4. The van der Waals surface area contributed by atoms with E-state index in [4.69, 9.17) is 15.5 Å². The number of nitrogens with two attached hydrogens (primary N) is 1. The van der Waals surface area contributed by atoms with Crippen LogP contribution in [0.15, 0.2) is 30.5 Å². The van der Waals surface area contributed by atoms with Gasteiger partial charge in [-0.2, -0.15) is 0 Å². The Kier molecular flexibility index (Phi) is 8.84. The Morgan fingerprint density at radius 1 is 0.935 bits per heavy atom. The normalized spacial score (nSPS) is 23.8. The topological polar surface area (TPSA) is 140 Å². The van der Waals surface area contributed by atoms with Crippen LogP contribution in [0.4, 0.5) is 32.6 Å². The number of nitrogens with zero attached hydrogens (tertiary/aromatic N) is 7. The number of benzene rings is 1. The van der Waals surface area contributed by atoms with Gasteiger partial charge in [0, 0.05) is 70.8 Å². The SMILES string of the molecule is CN1CCN([C@@H]2CCCN(c3cnc(C(N)=O)c(Nc4ccc(N5CCC6CCN(C(=O)OC(C)(C)C)CC6C5)cc4)n3)C2)C1=O. The Hall–Kier alpha value is -4.29. The average molecular weight is 634 g/mol. The predicted molar refractivity (Wildman–Crippen MR) is 176 cm³/mol. The van der Waals surface area contributed by atoms with Crippen molar-refractivity contribution in [1.29, 1.82) is 0 Å². The first-order chi connectivity index (χ1) is 21.9. The molecule has 0 spiro atoms. The summed E-state index contributed by atoms with van der Waals surface area (Å²) in [5.74, 6) is 1.30. The first-order valence-electron chi connectivity index (χ1n) is 16.5. The molecule has 248 valence electrons. The fraction of sp³-hybridized carbons (Fsp3) is 0.606. The molecule has 6 rings (SSSR count). The van der Waals surface area contributed by atoms with Gasteiger partial charge in [-0.1, -0.05) is 0 Å². The van der Waals surface area contributed by atoms with E-state index in [9.17, 15) is 14.4 Å². The highest BCUT2D eigenvalue weighted by Crippen LogP contribution is 2.35. The van der Waals surface area contributed by atoms with Crippen LogP contribution in [0.1, 0.15) is 56.9 Å². The Labute approximate surface area is 271 Å². The molecule has 0 bridgehead atoms. The molecule has 46 heavy (non-hydrogen) atoms. The third-order valence-electron chi connectivity index (χ3n) is 9.67. The van der Waals surface area contributed by atoms with E-state index in [1.54, 1.807) is 11.1 Å². The van der Waals surface area contributed by atoms with Crippen LogP contribution < -0.4 is 20.9 Å². The van der Waals surface area contributed by atoms with Gasteiger partial charge in [-0.05, 0) is 82.6 Å². The zero-order valence-electron chi connectivity index (χ0n) is 27.4. The third-order valence-corrected chi connectivity index (χ3v) is 9.67. The van der Waals surface area contributed by atoms with Crippen molar-refractivity contribution in [1.82, 2.24) is 24.7 Å². The van der Waals surface area contributed by atoms with Gasteiger partial charge in [0.15, 0.2) is 11.5 Å². The number of likely N-dealkylation sites (tertiary alicyclic amines) is 1. The fourth-order valence-corrected chi connectivity index (χ4v) is 7.21. The lowest BCUT2D eigenvalue weighted by Crippen LogP contribution is -2.52. The summed E-state index contributed by atoms with van der Waals surface area (Å²) < 4.78 is 5.64. The molecule has 4 saturated heterocycles. The summed E-state index contributed by atoms with van der Waals surface area (Å²) in [6, 6.07) is 8.25. The van der Waals surface area contributed by atoms with Gasteiger partial charge >= 0.3 is 12.1 Å². The zero-order chi connectivity index (χ0) is 32.6. The van der Waals surface area contributed by atoms with Crippen LogP contribution in [0.2, 0.25) is 0 Å². The van der Waals surface area contributed by atoms with E-state index in [0.717, 1.165) is 76.3 Å². The number of aromatic nitrogens is 2. The number of carbonyl (C=O) groups is 3. The van der Waals surface area contributed by atoms with E-state index in [2.05, 4.69) is 32.2 Å². The zero-order valence-corrected chi connectivity index (χ0v) is 27.4. The number of likely N-dealkylation sites (N-methyl/N-ethyl adjacent to an activating group) is 1. The molecule has 0 radical (unpaired) electrons. The number of carbonyl (C=O) groups excluding carboxylic acids is 3. The number of nitrogens with one attached hydrogen (secondary N) is 1. The van der Waals surface area contributed by atoms with E-state index >= 15 is 0 Å². The number of amides is 4. The molecule has 4 fully saturated rings. The van der Waals surface area contributed by atoms with Crippen molar-refractivity contribution in [3.05, 3.63) is 36.2 Å². The summed E-state index contributed by atoms with van der Waals surface area (Å²) in [6.45, 7) is 11.9. The first-order valence-corrected chi connectivity index (χ1v) is 16.5. The van der Waals surface area contributed by atoms with Gasteiger partial charge in [-0.15, -0.1) is 0 Å². The Morgan fingerprint density at radius 2 is 1.70 bits per heavy atom. The van der Waals surface area contributed by atoms with Gasteiger partial charge in [0.2, 0.25) is 0 Å². The van der Waals surface area contributed by atoms with Gasteiger partial charge in [-0.25, -0.2) is 19.6 Å². The van der Waals surface area contributed by atoms with Crippen LogP contribution in [0, 0.1) is 11.8 Å². The van der Waals surface area contributed by atoms with Crippen molar-refractivity contribution >= 4 is 41.0 Å². The molecular weight excluding hydrogens is 586 g/mol. The predicted octanol–water partition coefficient (Wildman–Crippen LogP) is 3.74. The van der Waals surface area contributed by atoms with Crippen LogP contribution in [0.3, 0.4) is 0 Å². The number of primary amides is 1. The number of fused-ring (bicyclic) bond motifs is 1. The van der Waals surface area contributed by atoms with Crippen LogP contribution >= 0.6 is 0 Å². The molecule has 13 heteroatoms. The molecule has 3 N–H and O–H groups in total. The van der Waals surface area contributed by atoms with Crippen molar-refractivity contribution in [3.63, 3.8) is 0 Å². The van der Waals surface area contributed by atoms with Crippen LogP contribution in [-0.2, 0) is 4.74 Å². The van der Waals surface area contributed by atoms with Crippen LogP contribution in [0.5, 0.6) is 0 Å². The number of piperidine rings is 3. The monoisotopic (exact) mass is 633 g/mol. The summed E-state index contributed by atoms with van der Waals surface area (Å²) in [7, 11) is 1.83. The second kappa shape index (κ2) is 12.8. The standard InChI is InChI=1S/C33H47N9O4/c1-33(2,3)46-32(45)41-15-12-22-11-14-39(19-23(22)20-41)25-9-7-24(8-10-25)36-30-28(29(34)43)35-18-27(37-30)40-13-5-6-26(21-40)42-17-16-38(4)31(42)44/h7-10,18,22-23,26H,5-6,11-17,19-21H2,1-4H3,(H2,34,43)(H,36,37)/t22?,23?,26-/m1/s1. The highest BCUT2D eigenvalue weighted by Gasteiger charge is 2.37. The molecule has 2 unspecified atom stereocenters. The lowest BCUT2D eigenvalue weighted by Gasteiger charge is -2.45. The molecule has 1 aromatic heterocycles. The van der Waals surface area contributed by atoms with Crippen molar-refractivity contribution in [2.75, 3.05) is 74.5 Å². The maximum absolute atomic E-state index is 12.7. The van der Waals surface area contributed by atoms with Crippen molar-refractivity contribution in [2.45, 2.75) is 58.1 Å². The molecule has 4 aliphatic rings. The van der Waals surface area contributed by atoms with Crippen molar-refractivity contribution in [3.8, 4) is 0 Å². The highest BCUT2D eigenvalue weighted by molar-refractivity contribution is 5.96. The second-order valence-electron chi connectivity index (χ2n) is 14.1. The second-order valence-corrected chi connectivity index (χ2v) is 14.1. The molecule has 2 aromatic rings. The Bertz CT molecular complexity index is 1450. The number of ether oxygens (including phenoxy) is 1. The van der Waals surface area contributed by atoms with Crippen molar-refractivity contribution in [2.24, 2.45) is 17.6 Å². The maximum atomic E-state index is 12.7. The van der Waals surface area contributed by atoms with Gasteiger partial charge in [0.05, 0.1) is 12.2 Å². The average Bonchev–Trinajstić information content (AvgIpc) is 3.37. The molecule has 5 heterocycles. The third kappa shape index (κ3) is 6.92. The summed E-state index contributed by atoms with van der Waals surface area (Å²) in [5, 5.41) is 3.28. The van der Waals surface area contributed by atoms with E-state index in [0.29, 0.717) is 36.6 Å². The van der Waals surface area contributed by atoms with Gasteiger partial charge < -0.3 is 40.3 Å². The minimum atomic E-state index is -0.656. The van der Waals surface area contributed by atoms with Gasteiger partial charge in [0.1, 0.15) is 11.4 Å². The number of hydrogen-bond acceptors (Lipinski definition) is 9. The molecule has 13 nitrogen and oxygen atoms in total. The largest absolute Gasteiger partial charge is 0.444 e. The molecule has 4 aliphatic heterocycles. The molecule has 0 aliphatic carbocycles. The van der Waals surface area contributed by atoms with Gasteiger partial charge in [0.25, 0.3) is 5.91 Å².